The highest BCUT2D eigenvalue weighted by atomic mass is 16.4. The SMILES string of the molecule is CCC1(NC(=O)c2ncccc2/C=C/C(=O)O)CCC1. The molecular formula is C15H18N2O3. The highest BCUT2D eigenvalue weighted by molar-refractivity contribution is 5.97. The number of carbonyl (C=O) groups is 2. The van der Waals surface area contributed by atoms with Crippen LogP contribution in [0.2, 0.25) is 0 Å². The minimum Gasteiger partial charge on any atom is -0.478 e. The normalized spacial score (nSPS) is 16.6. The van der Waals surface area contributed by atoms with Gasteiger partial charge in [0.15, 0.2) is 0 Å². The van der Waals surface area contributed by atoms with Crippen molar-refractivity contribution in [2.75, 3.05) is 0 Å². The van der Waals surface area contributed by atoms with Gasteiger partial charge in [0.25, 0.3) is 5.91 Å². The number of hydrogen-bond donors (Lipinski definition) is 2. The first-order valence-electron chi connectivity index (χ1n) is 6.75. The van der Waals surface area contributed by atoms with Gasteiger partial charge in [-0.3, -0.25) is 9.78 Å². The highest BCUT2D eigenvalue weighted by Gasteiger charge is 2.37. The molecule has 0 atom stereocenters. The van der Waals surface area contributed by atoms with E-state index >= 15 is 0 Å². The van der Waals surface area contributed by atoms with E-state index in [1.165, 1.54) is 12.3 Å². The zero-order valence-electron chi connectivity index (χ0n) is 11.4. The van der Waals surface area contributed by atoms with Gasteiger partial charge in [-0.1, -0.05) is 13.0 Å². The smallest absolute Gasteiger partial charge is 0.328 e. The molecule has 0 bridgehead atoms. The maximum Gasteiger partial charge on any atom is 0.328 e. The first-order valence-corrected chi connectivity index (χ1v) is 6.75. The molecule has 1 aliphatic carbocycles. The molecule has 0 aliphatic heterocycles. The largest absolute Gasteiger partial charge is 0.478 e. The van der Waals surface area contributed by atoms with Crippen LogP contribution >= 0.6 is 0 Å². The third kappa shape index (κ3) is 3.04. The predicted molar refractivity (Wildman–Crippen MR) is 75.2 cm³/mol. The summed E-state index contributed by atoms with van der Waals surface area (Å²) in [6.07, 6.45) is 7.93. The molecule has 1 saturated carbocycles. The second-order valence-electron chi connectivity index (χ2n) is 5.05. The fraction of sp³-hybridized carbons (Fsp3) is 0.400. The molecule has 1 amide bonds. The Morgan fingerprint density at radius 3 is 2.80 bits per heavy atom. The van der Waals surface area contributed by atoms with Crippen LogP contribution in [0.3, 0.4) is 0 Å². The lowest BCUT2D eigenvalue weighted by Crippen LogP contribution is -2.53. The fourth-order valence-corrected chi connectivity index (χ4v) is 2.37. The van der Waals surface area contributed by atoms with Gasteiger partial charge in [0.2, 0.25) is 0 Å². The van der Waals surface area contributed by atoms with Crippen molar-refractivity contribution in [2.24, 2.45) is 0 Å². The van der Waals surface area contributed by atoms with E-state index in [1.807, 2.05) is 0 Å². The third-order valence-electron chi connectivity index (χ3n) is 3.83. The van der Waals surface area contributed by atoms with Gasteiger partial charge in [0.1, 0.15) is 5.69 Å². The summed E-state index contributed by atoms with van der Waals surface area (Å²) in [5.74, 6) is -1.29. The molecule has 0 unspecified atom stereocenters. The van der Waals surface area contributed by atoms with Crippen LogP contribution in [-0.4, -0.2) is 27.5 Å². The Labute approximate surface area is 117 Å². The number of rotatable bonds is 5. The standard InChI is InChI=1S/C15H18N2O3/c1-2-15(8-4-9-15)17-14(20)13-11(5-3-10-16-13)6-7-12(18)19/h3,5-7,10H,2,4,8-9H2,1H3,(H,17,20)(H,18,19)/b7-6+. The highest BCUT2D eigenvalue weighted by Crippen LogP contribution is 2.34. The quantitative estimate of drug-likeness (QED) is 0.807. The minimum atomic E-state index is -1.05. The number of hydrogen-bond acceptors (Lipinski definition) is 3. The molecular weight excluding hydrogens is 256 g/mol. The molecule has 1 fully saturated rings. The molecule has 2 rings (SSSR count). The van der Waals surface area contributed by atoms with Crippen molar-refractivity contribution < 1.29 is 14.7 Å². The molecule has 0 aromatic carbocycles. The van der Waals surface area contributed by atoms with Gasteiger partial charge in [-0.15, -0.1) is 0 Å². The van der Waals surface area contributed by atoms with Crippen LogP contribution in [0.4, 0.5) is 0 Å². The van der Waals surface area contributed by atoms with Crippen molar-refractivity contribution in [1.82, 2.24) is 10.3 Å². The van der Waals surface area contributed by atoms with E-state index in [0.717, 1.165) is 31.8 Å². The van der Waals surface area contributed by atoms with Crippen molar-refractivity contribution >= 4 is 18.0 Å². The third-order valence-corrected chi connectivity index (χ3v) is 3.83. The van der Waals surface area contributed by atoms with E-state index in [4.69, 9.17) is 5.11 Å². The summed E-state index contributed by atoms with van der Waals surface area (Å²) in [5, 5.41) is 11.7. The maximum atomic E-state index is 12.3. The van der Waals surface area contributed by atoms with E-state index in [9.17, 15) is 9.59 Å². The molecule has 20 heavy (non-hydrogen) atoms. The van der Waals surface area contributed by atoms with E-state index < -0.39 is 5.97 Å². The lowest BCUT2D eigenvalue weighted by Gasteiger charge is -2.41. The van der Waals surface area contributed by atoms with Crippen LogP contribution in [-0.2, 0) is 4.79 Å². The van der Waals surface area contributed by atoms with E-state index in [2.05, 4.69) is 17.2 Å². The molecule has 5 heteroatoms. The van der Waals surface area contributed by atoms with Crippen LogP contribution in [0, 0.1) is 0 Å². The van der Waals surface area contributed by atoms with Gasteiger partial charge in [-0.05, 0) is 37.8 Å². The first kappa shape index (κ1) is 14.2. The average Bonchev–Trinajstić information content (AvgIpc) is 2.40. The van der Waals surface area contributed by atoms with Gasteiger partial charge >= 0.3 is 5.97 Å². The summed E-state index contributed by atoms with van der Waals surface area (Å²) in [5.41, 5.74) is 0.672. The molecule has 106 valence electrons. The monoisotopic (exact) mass is 274 g/mol. The Morgan fingerprint density at radius 2 is 2.25 bits per heavy atom. The number of aliphatic carboxylic acids is 1. The topological polar surface area (TPSA) is 79.3 Å². The van der Waals surface area contributed by atoms with Crippen molar-refractivity contribution in [3.8, 4) is 0 Å². The molecule has 0 radical (unpaired) electrons. The van der Waals surface area contributed by atoms with Crippen molar-refractivity contribution in [1.29, 1.82) is 0 Å². The molecule has 1 aromatic heterocycles. The Morgan fingerprint density at radius 1 is 1.50 bits per heavy atom. The van der Waals surface area contributed by atoms with Gasteiger partial charge < -0.3 is 10.4 Å². The number of amides is 1. The number of aromatic nitrogens is 1. The lowest BCUT2D eigenvalue weighted by molar-refractivity contribution is -0.131. The summed E-state index contributed by atoms with van der Waals surface area (Å²) < 4.78 is 0. The van der Waals surface area contributed by atoms with Gasteiger partial charge in [0.05, 0.1) is 0 Å². The van der Waals surface area contributed by atoms with Crippen LogP contribution in [0.25, 0.3) is 6.08 Å². The van der Waals surface area contributed by atoms with E-state index in [0.29, 0.717) is 5.56 Å². The van der Waals surface area contributed by atoms with Crippen molar-refractivity contribution in [3.05, 3.63) is 35.7 Å². The second kappa shape index (κ2) is 5.86. The Bertz CT molecular complexity index is 542. The fourth-order valence-electron chi connectivity index (χ4n) is 2.37. The molecule has 2 N–H and O–H groups in total. The number of pyridine rings is 1. The number of carboxylic acids is 1. The van der Waals surface area contributed by atoms with E-state index in [-0.39, 0.29) is 17.1 Å². The summed E-state index contributed by atoms with van der Waals surface area (Å²) in [7, 11) is 0. The molecule has 0 saturated heterocycles. The average molecular weight is 274 g/mol. The number of carbonyl (C=O) groups excluding carboxylic acids is 1. The van der Waals surface area contributed by atoms with Crippen LogP contribution in [0.5, 0.6) is 0 Å². The predicted octanol–water partition coefficient (Wildman–Crippen LogP) is 2.24. The summed E-state index contributed by atoms with van der Waals surface area (Å²) >= 11 is 0. The molecule has 5 nitrogen and oxygen atoms in total. The Hall–Kier alpha value is -2.17. The second-order valence-corrected chi connectivity index (χ2v) is 5.05. The van der Waals surface area contributed by atoms with Gasteiger partial charge in [0, 0.05) is 23.4 Å². The first-order chi connectivity index (χ1) is 9.56. The molecule has 1 aliphatic rings. The summed E-state index contributed by atoms with van der Waals surface area (Å²) in [4.78, 5) is 27.0. The maximum absolute atomic E-state index is 12.3. The molecule has 1 heterocycles. The Balaban J connectivity index is 2.19. The zero-order chi connectivity index (χ0) is 14.6. The van der Waals surface area contributed by atoms with Crippen molar-refractivity contribution in [3.63, 3.8) is 0 Å². The Kier molecular flexibility index (Phi) is 4.17. The minimum absolute atomic E-state index is 0.109. The van der Waals surface area contributed by atoms with Crippen molar-refractivity contribution in [2.45, 2.75) is 38.1 Å². The van der Waals surface area contributed by atoms with Crippen LogP contribution < -0.4 is 5.32 Å². The van der Waals surface area contributed by atoms with Crippen LogP contribution in [0.15, 0.2) is 24.4 Å². The summed E-state index contributed by atoms with van der Waals surface area (Å²) in [6, 6.07) is 3.36. The summed E-state index contributed by atoms with van der Waals surface area (Å²) in [6.45, 7) is 2.06. The van der Waals surface area contributed by atoms with Gasteiger partial charge in [-0.25, -0.2) is 4.79 Å². The van der Waals surface area contributed by atoms with E-state index in [1.54, 1.807) is 12.1 Å². The number of nitrogens with one attached hydrogen (secondary N) is 1. The zero-order valence-corrected chi connectivity index (χ0v) is 11.4. The van der Waals surface area contributed by atoms with Gasteiger partial charge in [-0.2, -0.15) is 0 Å². The molecule has 1 aromatic rings. The molecule has 0 spiro atoms. The number of carboxylic acid groups (broad SMARTS) is 1. The number of nitrogens with zero attached hydrogens (tertiary/aromatic N) is 1. The lowest BCUT2D eigenvalue weighted by atomic mass is 9.75. The van der Waals surface area contributed by atoms with Crippen LogP contribution in [0.1, 0.15) is 48.7 Å².